The Balaban J connectivity index is 2.32. The molecule has 16 heavy (non-hydrogen) atoms. The maximum absolute atomic E-state index is 11.9. The molecule has 0 spiro atoms. The molecular formula is C12H9NO3. The second-order valence-corrected chi connectivity index (χ2v) is 3.48. The van der Waals surface area contributed by atoms with Gasteiger partial charge in [-0.1, -0.05) is 18.2 Å². The maximum atomic E-state index is 11.9. The topological polar surface area (TPSA) is 54.5 Å². The molecule has 0 aromatic heterocycles. The van der Waals surface area contributed by atoms with Gasteiger partial charge in [-0.2, -0.15) is 0 Å². The summed E-state index contributed by atoms with van der Waals surface area (Å²) < 4.78 is 0. The molecule has 0 saturated carbocycles. The summed E-state index contributed by atoms with van der Waals surface area (Å²) in [6.45, 7) is 1.51. The number of carbonyl (C=O) groups excluding carboxylic acids is 3. The van der Waals surface area contributed by atoms with Gasteiger partial charge in [-0.05, 0) is 19.1 Å². The third-order valence-corrected chi connectivity index (χ3v) is 2.32. The van der Waals surface area contributed by atoms with E-state index < -0.39 is 17.7 Å². The van der Waals surface area contributed by atoms with Crippen LogP contribution in [0.5, 0.6) is 0 Å². The lowest BCUT2D eigenvalue weighted by Crippen LogP contribution is -2.36. The Bertz CT molecular complexity index is 502. The minimum atomic E-state index is -0.580. The number of nitrogens with zero attached hydrogens (tertiary/aromatic N) is 1. The molecule has 4 heteroatoms. The van der Waals surface area contributed by atoms with Crippen LogP contribution in [-0.2, 0) is 9.59 Å². The van der Waals surface area contributed by atoms with Crippen molar-refractivity contribution in [3.8, 4) is 0 Å². The van der Waals surface area contributed by atoms with E-state index in [9.17, 15) is 14.4 Å². The smallest absolute Gasteiger partial charge is 0.267 e. The van der Waals surface area contributed by atoms with Gasteiger partial charge < -0.3 is 0 Å². The molecule has 0 unspecified atom stereocenters. The maximum Gasteiger partial charge on any atom is 0.267 e. The highest BCUT2D eigenvalue weighted by atomic mass is 16.2. The fourth-order valence-corrected chi connectivity index (χ4v) is 1.49. The zero-order valence-electron chi connectivity index (χ0n) is 8.64. The molecule has 80 valence electrons. The van der Waals surface area contributed by atoms with Crippen LogP contribution in [0.1, 0.15) is 17.3 Å². The number of hydrogen-bond donors (Lipinski definition) is 0. The largest absolute Gasteiger partial charge is 0.269 e. The summed E-state index contributed by atoms with van der Waals surface area (Å²) in [6.07, 6.45) is 1.17. The van der Waals surface area contributed by atoms with E-state index in [1.165, 1.54) is 13.0 Å². The van der Waals surface area contributed by atoms with Gasteiger partial charge in [0.05, 0.1) is 0 Å². The van der Waals surface area contributed by atoms with Crippen LogP contribution < -0.4 is 0 Å². The molecule has 3 amide bonds. The molecule has 1 heterocycles. The Kier molecular flexibility index (Phi) is 2.40. The molecule has 1 aromatic carbocycles. The van der Waals surface area contributed by atoms with Crippen LogP contribution in [-0.4, -0.2) is 22.6 Å². The molecule has 1 aliphatic rings. The van der Waals surface area contributed by atoms with Crippen molar-refractivity contribution in [2.24, 2.45) is 0 Å². The van der Waals surface area contributed by atoms with E-state index in [4.69, 9.17) is 0 Å². The highest BCUT2D eigenvalue weighted by Gasteiger charge is 2.34. The van der Waals surface area contributed by atoms with E-state index in [1.807, 2.05) is 0 Å². The summed E-state index contributed by atoms with van der Waals surface area (Å²) in [5.41, 5.74) is 0.613. The van der Waals surface area contributed by atoms with Gasteiger partial charge in [0.25, 0.3) is 17.7 Å². The second-order valence-electron chi connectivity index (χ2n) is 3.48. The van der Waals surface area contributed by atoms with Crippen molar-refractivity contribution in [2.75, 3.05) is 0 Å². The zero-order chi connectivity index (χ0) is 11.7. The Hall–Kier alpha value is -2.23. The number of benzene rings is 1. The summed E-state index contributed by atoms with van der Waals surface area (Å²) in [5.74, 6) is -1.70. The fourth-order valence-electron chi connectivity index (χ4n) is 1.49. The van der Waals surface area contributed by atoms with E-state index >= 15 is 0 Å². The van der Waals surface area contributed by atoms with Crippen LogP contribution in [0.3, 0.4) is 0 Å². The van der Waals surface area contributed by atoms with Crippen molar-refractivity contribution in [2.45, 2.75) is 6.92 Å². The summed E-state index contributed by atoms with van der Waals surface area (Å²) in [7, 11) is 0. The summed E-state index contributed by atoms with van der Waals surface area (Å²) >= 11 is 0. The lowest BCUT2D eigenvalue weighted by Gasteiger charge is -2.11. The Morgan fingerprint density at radius 3 is 2.25 bits per heavy atom. The van der Waals surface area contributed by atoms with Crippen LogP contribution >= 0.6 is 0 Å². The number of amides is 3. The molecular weight excluding hydrogens is 206 g/mol. The van der Waals surface area contributed by atoms with Crippen LogP contribution in [0.25, 0.3) is 0 Å². The third-order valence-electron chi connectivity index (χ3n) is 2.32. The highest BCUT2D eigenvalue weighted by Crippen LogP contribution is 2.15. The van der Waals surface area contributed by atoms with E-state index in [2.05, 4.69) is 0 Å². The minimum absolute atomic E-state index is 0.286. The van der Waals surface area contributed by atoms with Crippen LogP contribution in [0.15, 0.2) is 42.0 Å². The molecule has 0 radical (unpaired) electrons. The molecule has 0 bridgehead atoms. The van der Waals surface area contributed by atoms with Gasteiger partial charge in [-0.15, -0.1) is 0 Å². The van der Waals surface area contributed by atoms with E-state index in [-0.39, 0.29) is 5.57 Å². The highest BCUT2D eigenvalue weighted by molar-refractivity contribution is 6.27. The third kappa shape index (κ3) is 1.54. The van der Waals surface area contributed by atoms with Gasteiger partial charge in [0.1, 0.15) is 0 Å². The summed E-state index contributed by atoms with van der Waals surface area (Å²) in [6, 6.07) is 8.25. The monoisotopic (exact) mass is 215 g/mol. The standard InChI is InChI=1S/C12H9NO3/c1-8-7-10(14)13(11(8)15)12(16)9-5-3-2-4-6-9/h2-7H,1H3. The molecule has 0 aliphatic carbocycles. The summed E-state index contributed by atoms with van der Waals surface area (Å²) in [4.78, 5) is 35.5. The SMILES string of the molecule is CC1=CC(=O)N(C(=O)c2ccccc2)C1=O. The molecule has 2 rings (SSSR count). The van der Waals surface area contributed by atoms with Crippen molar-refractivity contribution < 1.29 is 14.4 Å². The van der Waals surface area contributed by atoms with Gasteiger partial charge in [-0.3, -0.25) is 14.4 Å². The van der Waals surface area contributed by atoms with Crippen molar-refractivity contribution in [3.05, 3.63) is 47.5 Å². The average molecular weight is 215 g/mol. The predicted octanol–water partition coefficient (Wildman–Crippen LogP) is 1.14. The first-order valence-corrected chi connectivity index (χ1v) is 4.77. The Morgan fingerprint density at radius 1 is 1.12 bits per heavy atom. The first-order chi connectivity index (χ1) is 7.61. The molecule has 1 aliphatic heterocycles. The van der Waals surface area contributed by atoms with E-state index in [0.717, 1.165) is 0 Å². The van der Waals surface area contributed by atoms with Gasteiger partial charge in [-0.25, -0.2) is 4.90 Å². The Labute approximate surface area is 92.2 Å². The number of imide groups is 3. The number of carbonyl (C=O) groups is 3. The summed E-state index contributed by atoms with van der Waals surface area (Å²) in [5, 5.41) is 0. The van der Waals surface area contributed by atoms with Crippen LogP contribution in [0.2, 0.25) is 0 Å². The zero-order valence-corrected chi connectivity index (χ0v) is 8.64. The van der Waals surface area contributed by atoms with Gasteiger partial charge in [0.15, 0.2) is 0 Å². The van der Waals surface area contributed by atoms with Gasteiger partial charge >= 0.3 is 0 Å². The quantitative estimate of drug-likeness (QED) is 0.660. The van der Waals surface area contributed by atoms with Crippen molar-refractivity contribution >= 4 is 17.7 Å². The normalized spacial score (nSPS) is 15.3. The number of rotatable bonds is 1. The Morgan fingerprint density at radius 2 is 1.75 bits per heavy atom. The van der Waals surface area contributed by atoms with Crippen molar-refractivity contribution in [3.63, 3.8) is 0 Å². The number of hydrogen-bond acceptors (Lipinski definition) is 3. The van der Waals surface area contributed by atoms with E-state index in [1.54, 1.807) is 30.3 Å². The molecule has 4 nitrogen and oxygen atoms in total. The second kappa shape index (κ2) is 3.73. The molecule has 1 aromatic rings. The van der Waals surface area contributed by atoms with Crippen LogP contribution in [0, 0.1) is 0 Å². The van der Waals surface area contributed by atoms with Crippen molar-refractivity contribution in [1.82, 2.24) is 4.90 Å². The lowest BCUT2D eigenvalue weighted by atomic mass is 10.2. The first-order valence-electron chi connectivity index (χ1n) is 4.77. The van der Waals surface area contributed by atoms with Crippen molar-refractivity contribution in [1.29, 1.82) is 0 Å². The van der Waals surface area contributed by atoms with E-state index in [0.29, 0.717) is 10.5 Å². The van der Waals surface area contributed by atoms with Gasteiger partial charge in [0, 0.05) is 17.2 Å². The average Bonchev–Trinajstić information content (AvgIpc) is 2.54. The molecule has 0 saturated heterocycles. The van der Waals surface area contributed by atoms with Gasteiger partial charge in [0.2, 0.25) is 0 Å². The molecule has 0 fully saturated rings. The molecule has 0 atom stereocenters. The lowest BCUT2D eigenvalue weighted by molar-refractivity contribution is -0.133. The fraction of sp³-hybridized carbons (Fsp3) is 0.0833. The molecule has 0 N–H and O–H groups in total. The predicted molar refractivity (Wildman–Crippen MR) is 56.4 cm³/mol. The first kappa shape index (κ1) is 10.3. The minimum Gasteiger partial charge on any atom is -0.269 e. The van der Waals surface area contributed by atoms with Crippen LogP contribution in [0.4, 0.5) is 0 Å².